The van der Waals surface area contributed by atoms with E-state index in [2.05, 4.69) is 18.9 Å². The van der Waals surface area contributed by atoms with Crippen LogP contribution in [-0.2, 0) is 9.53 Å². The van der Waals surface area contributed by atoms with E-state index in [4.69, 9.17) is 10.5 Å². The summed E-state index contributed by atoms with van der Waals surface area (Å²) in [6, 6.07) is 0.113. The summed E-state index contributed by atoms with van der Waals surface area (Å²) in [6.07, 6.45) is 4.59. The number of hydrogen-bond donors (Lipinski definition) is 1. The number of amides is 1. The lowest BCUT2D eigenvalue weighted by atomic mass is 10.0. The fourth-order valence-electron chi connectivity index (χ4n) is 2.96. The fourth-order valence-corrected chi connectivity index (χ4v) is 2.96. The highest BCUT2D eigenvalue weighted by atomic mass is 16.5. The molecule has 1 aliphatic heterocycles. The van der Waals surface area contributed by atoms with Crippen LogP contribution in [0.4, 0.5) is 5.82 Å². The number of nitrogens with two attached hydrogens (primary N) is 1. The van der Waals surface area contributed by atoms with E-state index in [1.165, 1.54) is 6.20 Å². The Morgan fingerprint density at radius 3 is 2.62 bits per heavy atom. The Morgan fingerprint density at radius 2 is 2.04 bits per heavy atom. The number of aromatic nitrogens is 2. The molecule has 0 saturated carbocycles. The van der Waals surface area contributed by atoms with Crippen molar-refractivity contribution in [3.8, 4) is 0 Å². The molecule has 1 saturated heterocycles. The number of esters is 1. The van der Waals surface area contributed by atoms with E-state index in [-0.39, 0.29) is 11.9 Å². The normalized spacial score (nSPS) is 15.8. The maximum atomic E-state index is 12.2. The molecule has 1 aromatic rings. The molecule has 0 radical (unpaired) electrons. The number of piperidine rings is 1. The largest absolute Gasteiger partial charge is 0.462 e. The summed E-state index contributed by atoms with van der Waals surface area (Å²) in [7, 11) is 0. The average Bonchev–Trinajstić information content (AvgIpc) is 2.94. The van der Waals surface area contributed by atoms with Gasteiger partial charge in [-0.25, -0.2) is 9.48 Å². The Bertz CT molecular complexity index is 574. The second kappa shape index (κ2) is 8.17. The molecule has 2 rings (SSSR count). The summed E-state index contributed by atoms with van der Waals surface area (Å²) < 4.78 is 6.68. The van der Waals surface area contributed by atoms with Gasteiger partial charge in [-0.1, -0.05) is 13.8 Å². The number of carbonyl (C=O) groups excluding carboxylic acids is 2. The molecule has 7 nitrogen and oxygen atoms in total. The maximum absolute atomic E-state index is 12.2. The van der Waals surface area contributed by atoms with Crippen molar-refractivity contribution in [2.75, 3.05) is 25.4 Å². The Hall–Kier alpha value is -2.05. The number of likely N-dealkylation sites (tertiary alicyclic amines) is 1. The number of nitrogen functional groups attached to an aromatic ring is 1. The highest BCUT2D eigenvalue weighted by Gasteiger charge is 2.27. The molecule has 0 atom stereocenters. The number of anilines is 1. The zero-order chi connectivity index (χ0) is 17.7. The molecule has 0 bridgehead atoms. The van der Waals surface area contributed by atoms with E-state index in [1.807, 2.05) is 4.90 Å². The predicted octanol–water partition coefficient (Wildman–Crippen LogP) is 2.24. The molecule has 1 aromatic heterocycles. The van der Waals surface area contributed by atoms with Gasteiger partial charge in [0.05, 0.1) is 18.8 Å². The average molecular weight is 336 g/mol. The molecule has 1 fully saturated rings. The first kappa shape index (κ1) is 18.3. The monoisotopic (exact) mass is 336 g/mol. The molecule has 2 N–H and O–H groups in total. The minimum absolute atomic E-state index is 0.113. The molecule has 0 aromatic carbocycles. The van der Waals surface area contributed by atoms with E-state index in [0.29, 0.717) is 43.4 Å². The summed E-state index contributed by atoms with van der Waals surface area (Å²) in [6.45, 7) is 7.72. The van der Waals surface area contributed by atoms with Gasteiger partial charge in [-0.3, -0.25) is 4.79 Å². The first-order valence-electron chi connectivity index (χ1n) is 8.71. The minimum atomic E-state index is -0.442. The molecule has 0 aliphatic carbocycles. The van der Waals surface area contributed by atoms with Crippen molar-refractivity contribution in [2.45, 2.75) is 52.5 Å². The minimum Gasteiger partial charge on any atom is -0.462 e. The fraction of sp³-hybridized carbons (Fsp3) is 0.706. The van der Waals surface area contributed by atoms with Gasteiger partial charge in [-0.15, -0.1) is 0 Å². The zero-order valence-electron chi connectivity index (χ0n) is 14.8. The lowest BCUT2D eigenvalue weighted by Crippen LogP contribution is -2.39. The highest BCUT2D eigenvalue weighted by molar-refractivity contribution is 5.94. The van der Waals surface area contributed by atoms with Crippen molar-refractivity contribution >= 4 is 17.7 Å². The second-order valence-corrected chi connectivity index (χ2v) is 6.65. The van der Waals surface area contributed by atoms with Crippen molar-refractivity contribution in [1.82, 2.24) is 14.7 Å². The smallest absolute Gasteiger partial charge is 0.343 e. The van der Waals surface area contributed by atoms with Crippen LogP contribution in [0.15, 0.2) is 6.20 Å². The number of carbonyl (C=O) groups is 2. The Morgan fingerprint density at radius 1 is 1.38 bits per heavy atom. The van der Waals surface area contributed by atoms with Crippen LogP contribution in [0, 0.1) is 5.92 Å². The lowest BCUT2D eigenvalue weighted by molar-refractivity contribution is -0.132. The van der Waals surface area contributed by atoms with E-state index in [1.54, 1.807) is 11.6 Å². The molecule has 134 valence electrons. The molecule has 7 heteroatoms. The molecule has 24 heavy (non-hydrogen) atoms. The molecule has 2 heterocycles. The van der Waals surface area contributed by atoms with E-state index >= 15 is 0 Å². The predicted molar refractivity (Wildman–Crippen MR) is 91.5 cm³/mol. The summed E-state index contributed by atoms with van der Waals surface area (Å²) in [5.74, 6) is 0.667. The molecule has 1 aliphatic rings. The van der Waals surface area contributed by atoms with Gasteiger partial charge >= 0.3 is 5.97 Å². The van der Waals surface area contributed by atoms with Crippen LogP contribution in [0.5, 0.6) is 0 Å². The van der Waals surface area contributed by atoms with Crippen LogP contribution < -0.4 is 5.73 Å². The van der Waals surface area contributed by atoms with Gasteiger partial charge in [0, 0.05) is 19.5 Å². The third-order valence-electron chi connectivity index (χ3n) is 4.43. The van der Waals surface area contributed by atoms with Crippen LogP contribution in [0.1, 0.15) is 62.9 Å². The van der Waals surface area contributed by atoms with Crippen molar-refractivity contribution < 1.29 is 14.3 Å². The number of rotatable bonds is 6. The van der Waals surface area contributed by atoms with Gasteiger partial charge in [0.25, 0.3) is 0 Å². The van der Waals surface area contributed by atoms with E-state index in [0.717, 1.165) is 19.3 Å². The Labute approximate surface area is 143 Å². The quantitative estimate of drug-likeness (QED) is 0.805. The topological polar surface area (TPSA) is 90.5 Å². The summed E-state index contributed by atoms with van der Waals surface area (Å²) in [4.78, 5) is 25.9. The third-order valence-corrected chi connectivity index (χ3v) is 4.43. The molecule has 0 unspecified atom stereocenters. The molecular weight excluding hydrogens is 308 g/mol. The van der Waals surface area contributed by atoms with Crippen molar-refractivity contribution in [2.24, 2.45) is 5.92 Å². The molecule has 1 amide bonds. The van der Waals surface area contributed by atoms with Gasteiger partial charge in [0.1, 0.15) is 11.4 Å². The molecule has 0 spiro atoms. The van der Waals surface area contributed by atoms with Crippen LogP contribution >= 0.6 is 0 Å². The maximum Gasteiger partial charge on any atom is 0.343 e. The summed E-state index contributed by atoms with van der Waals surface area (Å²) >= 11 is 0. The third kappa shape index (κ3) is 4.27. The Kier molecular flexibility index (Phi) is 6.23. The SMILES string of the molecule is CCOC(=O)c1cnn(C2CCN(C(=O)CCC(C)C)CC2)c1N. The van der Waals surface area contributed by atoms with Gasteiger partial charge < -0.3 is 15.4 Å². The van der Waals surface area contributed by atoms with Crippen LogP contribution in [0.25, 0.3) is 0 Å². The standard InChI is InChI=1S/C17H28N4O3/c1-4-24-17(23)14-11-19-21(16(14)18)13-7-9-20(10-8-13)15(22)6-5-12(2)3/h11-13H,4-10,18H2,1-3H3. The van der Waals surface area contributed by atoms with Crippen molar-refractivity contribution in [3.63, 3.8) is 0 Å². The molecular formula is C17H28N4O3. The van der Waals surface area contributed by atoms with Gasteiger partial charge in [0.2, 0.25) is 5.91 Å². The summed E-state index contributed by atoms with van der Waals surface area (Å²) in [5, 5.41) is 4.26. The first-order valence-corrected chi connectivity index (χ1v) is 8.71. The van der Waals surface area contributed by atoms with Crippen molar-refractivity contribution in [1.29, 1.82) is 0 Å². The zero-order valence-corrected chi connectivity index (χ0v) is 14.8. The van der Waals surface area contributed by atoms with Gasteiger partial charge in [0.15, 0.2) is 0 Å². The van der Waals surface area contributed by atoms with Crippen LogP contribution in [0.3, 0.4) is 0 Å². The van der Waals surface area contributed by atoms with Crippen molar-refractivity contribution in [3.05, 3.63) is 11.8 Å². The van der Waals surface area contributed by atoms with Gasteiger partial charge in [-0.2, -0.15) is 5.10 Å². The van der Waals surface area contributed by atoms with E-state index < -0.39 is 5.97 Å². The highest BCUT2D eigenvalue weighted by Crippen LogP contribution is 2.27. The second-order valence-electron chi connectivity index (χ2n) is 6.65. The van der Waals surface area contributed by atoms with Gasteiger partial charge in [-0.05, 0) is 32.1 Å². The number of ether oxygens (including phenoxy) is 1. The lowest BCUT2D eigenvalue weighted by Gasteiger charge is -2.32. The number of hydrogen-bond acceptors (Lipinski definition) is 5. The first-order chi connectivity index (χ1) is 11.4. The number of nitrogens with zero attached hydrogens (tertiary/aromatic N) is 3. The Balaban J connectivity index is 1.93. The summed E-state index contributed by atoms with van der Waals surface area (Å²) in [5.41, 5.74) is 6.37. The van der Waals surface area contributed by atoms with E-state index in [9.17, 15) is 9.59 Å². The van der Waals surface area contributed by atoms with Crippen LogP contribution in [0.2, 0.25) is 0 Å². The van der Waals surface area contributed by atoms with Crippen LogP contribution in [-0.4, -0.2) is 46.3 Å².